The van der Waals surface area contributed by atoms with E-state index in [4.69, 9.17) is 0 Å². The van der Waals surface area contributed by atoms with E-state index >= 15 is 0 Å². The van der Waals surface area contributed by atoms with Crippen LogP contribution in [-0.2, 0) is 21.2 Å². The van der Waals surface area contributed by atoms with Gasteiger partial charge in [-0.25, -0.2) is 13.1 Å². The van der Waals surface area contributed by atoms with E-state index in [1.54, 1.807) is 24.3 Å². The monoisotopic (exact) mass is 338 g/mol. The van der Waals surface area contributed by atoms with Gasteiger partial charge in [0.15, 0.2) is 0 Å². The van der Waals surface area contributed by atoms with Gasteiger partial charge in [-0.2, -0.15) is 0 Å². The van der Waals surface area contributed by atoms with Crippen molar-refractivity contribution in [3.05, 3.63) is 29.8 Å². The molecule has 1 atom stereocenters. The number of amides is 1. The Hall–Kier alpha value is -1.40. The van der Waals surface area contributed by atoms with Crippen LogP contribution in [0.15, 0.2) is 29.2 Å². The lowest BCUT2D eigenvalue weighted by atomic mass is 10.1. The van der Waals surface area contributed by atoms with Gasteiger partial charge in [0.25, 0.3) is 0 Å². The van der Waals surface area contributed by atoms with Gasteiger partial charge in [0.05, 0.1) is 4.90 Å². The number of hydrogen-bond acceptors (Lipinski definition) is 3. The molecular formula is C17H26N2O3S. The Labute approximate surface area is 138 Å². The summed E-state index contributed by atoms with van der Waals surface area (Å²) in [5, 5.41) is 2.97. The Morgan fingerprint density at radius 1 is 1.26 bits per heavy atom. The van der Waals surface area contributed by atoms with Crippen molar-refractivity contribution in [1.29, 1.82) is 0 Å². The highest BCUT2D eigenvalue weighted by atomic mass is 32.2. The van der Waals surface area contributed by atoms with Gasteiger partial charge in [-0.05, 0) is 50.3 Å². The molecule has 0 aliphatic heterocycles. The molecule has 0 radical (unpaired) electrons. The van der Waals surface area contributed by atoms with Crippen LogP contribution < -0.4 is 10.0 Å². The van der Waals surface area contributed by atoms with Gasteiger partial charge >= 0.3 is 0 Å². The SMILES string of the molecule is CCC[C@H](C)NC(=O)CCc1ccc(S(=O)(=O)NC2CC2)cc1. The third kappa shape index (κ3) is 5.95. The lowest BCUT2D eigenvalue weighted by Crippen LogP contribution is -2.32. The normalized spacial score (nSPS) is 16.1. The van der Waals surface area contributed by atoms with Crippen LogP contribution in [0.25, 0.3) is 0 Å². The van der Waals surface area contributed by atoms with E-state index in [0.29, 0.717) is 12.8 Å². The maximum atomic E-state index is 12.1. The average molecular weight is 338 g/mol. The molecule has 0 bridgehead atoms. The predicted molar refractivity (Wildman–Crippen MR) is 90.6 cm³/mol. The van der Waals surface area contributed by atoms with E-state index in [9.17, 15) is 13.2 Å². The highest BCUT2D eigenvalue weighted by molar-refractivity contribution is 7.89. The summed E-state index contributed by atoms with van der Waals surface area (Å²) in [6, 6.07) is 7.09. The molecule has 23 heavy (non-hydrogen) atoms. The molecule has 1 amide bonds. The Morgan fingerprint density at radius 3 is 2.48 bits per heavy atom. The second-order valence-electron chi connectivity index (χ2n) is 6.30. The summed E-state index contributed by atoms with van der Waals surface area (Å²) in [6.07, 6.45) is 4.89. The summed E-state index contributed by atoms with van der Waals surface area (Å²) in [6.45, 7) is 4.10. The van der Waals surface area contributed by atoms with Crippen LogP contribution in [0, 0.1) is 0 Å². The van der Waals surface area contributed by atoms with Crippen LogP contribution in [0.2, 0.25) is 0 Å². The zero-order chi connectivity index (χ0) is 16.9. The molecule has 1 fully saturated rings. The molecule has 1 aromatic carbocycles. The van der Waals surface area contributed by atoms with Crippen molar-refractivity contribution < 1.29 is 13.2 Å². The molecule has 0 spiro atoms. The zero-order valence-electron chi connectivity index (χ0n) is 13.8. The molecular weight excluding hydrogens is 312 g/mol. The Kier molecular flexibility index (Phi) is 6.18. The van der Waals surface area contributed by atoms with E-state index in [0.717, 1.165) is 31.2 Å². The lowest BCUT2D eigenvalue weighted by molar-refractivity contribution is -0.121. The fraction of sp³-hybridized carbons (Fsp3) is 0.588. The minimum absolute atomic E-state index is 0.0399. The second kappa shape index (κ2) is 7.93. The molecule has 0 heterocycles. The fourth-order valence-corrected chi connectivity index (χ4v) is 3.74. The lowest BCUT2D eigenvalue weighted by Gasteiger charge is -2.12. The summed E-state index contributed by atoms with van der Waals surface area (Å²) >= 11 is 0. The summed E-state index contributed by atoms with van der Waals surface area (Å²) in [5.74, 6) is 0.0399. The molecule has 0 saturated heterocycles. The number of hydrogen-bond donors (Lipinski definition) is 2. The third-order valence-corrected chi connectivity index (χ3v) is 5.44. The van der Waals surface area contributed by atoms with Gasteiger partial charge in [-0.15, -0.1) is 0 Å². The van der Waals surface area contributed by atoms with Crippen molar-refractivity contribution in [1.82, 2.24) is 10.0 Å². The molecule has 1 aliphatic rings. The molecule has 0 aromatic heterocycles. The van der Waals surface area contributed by atoms with Crippen molar-refractivity contribution in [2.75, 3.05) is 0 Å². The number of benzene rings is 1. The maximum Gasteiger partial charge on any atom is 0.240 e. The first-order chi connectivity index (χ1) is 10.9. The van der Waals surface area contributed by atoms with Crippen LogP contribution in [-0.4, -0.2) is 26.4 Å². The molecule has 6 heteroatoms. The highest BCUT2D eigenvalue weighted by Gasteiger charge is 2.27. The Balaban J connectivity index is 1.84. The molecule has 1 aliphatic carbocycles. The van der Waals surface area contributed by atoms with Gasteiger partial charge in [0, 0.05) is 18.5 Å². The van der Waals surface area contributed by atoms with E-state index < -0.39 is 10.0 Å². The summed E-state index contributed by atoms with van der Waals surface area (Å²) in [4.78, 5) is 12.1. The number of aryl methyl sites for hydroxylation is 1. The minimum atomic E-state index is -3.40. The summed E-state index contributed by atoms with van der Waals surface area (Å²) in [5.41, 5.74) is 0.966. The number of carbonyl (C=O) groups excluding carboxylic acids is 1. The van der Waals surface area contributed by atoms with Gasteiger partial charge < -0.3 is 5.32 Å². The maximum absolute atomic E-state index is 12.1. The number of nitrogens with one attached hydrogen (secondary N) is 2. The molecule has 1 aromatic rings. The van der Waals surface area contributed by atoms with Crippen LogP contribution in [0.3, 0.4) is 0 Å². The molecule has 128 valence electrons. The van der Waals surface area contributed by atoms with E-state index in [1.807, 2.05) is 6.92 Å². The quantitative estimate of drug-likeness (QED) is 0.726. The number of rotatable bonds is 9. The van der Waals surface area contributed by atoms with Crippen molar-refractivity contribution in [2.45, 2.75) is 69.4 Å². The van der Waals surface area contributed by atoms with Gasteiger partial charge in [-0.3, -0.25) is 4.79 Å². The predicted octanol–water partition coefficient (Wildman–Crippen LogP) is 2.36. The average Bonchev–Trinajstić information content (AvgIpc) is 3.29. The van der Waals surface area contributed by atoms with Crippen LogP contribution >= 0.6 is 0 Å². The van der Waals surface area contributed by atoms with Gasteiger partial charge in [0.1, 0.15) is 0 Å². The first-order valence-corrected chi connectivity index (χ1v) is 9.79. The standard InChI is InChI=1S/C17H26N2O3S/c1-3-4-13(2)18-17(20)12-7-14-5-10-16(11-6-14)23(21,22)19-15-8-9-15/h5-6,10-11,13,15,19H,3-4,7-9,12H2,1-2H3,(H,18,20)/t13-/m0/s1. The van der Waals surface area contributed by atoms with Crippen molar-refractivity contribution >= 4 is 15.9 Å². The first-order valence-electron chi connectivity index (χ1n) is 8.31. The molecule has 2 N–H and O–H groups in total. The van der Waals surface area contributed by atoms with Gasteiger partial charge in [0.2, 0.25) is 15.9 Å². The molecule has 1 saturated carbocycles. The van der Waals surface area contributed by atoms with Crippen LogP contribution in [0.1, 0.15) is 51.5 Å². The van der Waals surface area contributed by atoms with Crippen LogP contribution in [0.5, 0.6) is 0 Å². The molecule has 2 rings (SSSR count). The molecule has 0 unspecified atom stereocenters. The number of sulfonamides is 1. The van der Waals surface area contributed by atoms with Crippen LogP contribution in [0.4, 0.5) is 0 Å². The molecule has 5 nitrogen and oxygen atoms in total. The van der Waals surface area contributed by atoms with Crippen molar-refractivity contribution in [2.24, 2.45) is 0 Å². The first kappa shape index (κ1) is 17.9. The zero-order valence-corrected chi connectivity index (χ0v) is 14.7. The number of carbonyl (C=O) groups is 1. The van der Waals surface area contributed by atoms with E-state index in [-0.39, 0.29) is 22.9 Å². The van der Waals surface area contributed by atoms with Crippen molar-refractivity contribution in [3.63, 3.8) is 0 Å². The van der Waals surface area contributed by atoms with E-state index in [2.05, 4.69) is 17.0 Å². The third-order valence-electron chi connectivity index (χ3n) is 3.90. The Morgan fingerprint density at radius 2 is 1.91 bits per heavy atom. The fourth-order valence-electron chi connectivity index (χ4n) is 2.43. The second-order valence-corrected chi connectivity index (χ2v) is 8.01. The van der Waals surface area contributed by atoms with E-state index in [1.165, 1.54) is 0 Å². The minimum Gasteiger partial charge on any atom is -0.354 e. The summed E-state index contributed by atoms with van der Waals surface area (Å²) in [7, 11) is -3.40. The van der Waals surface area contributed by atoms with Gasteiger partial charge in [-0.1, -0.05) is 25.5 Å². The summed E-state index contributed by atoms with van der Waals surface area (Å²) < 4.78 is 26.8. The Bertz CT molecular complexity index is 622. The topological polar surface area (TPSA) is 75.3 Å². The van der Waals surface area contributed by atoms with Crippen molar-refractivity contribution in [3.8, 4) is 0 Å². The smallest absolute Gasteiger partial charge is 0.240 e. The highest BCUT2D eigenvalue weighted by Crippen LogP contribution is 2.22. The largest absolute Gasteiger partial charge is 0.354 e.